The number of rotatable bonds is 0. The first-order valence-corrected chi connectivity index (χ1v) is 6.44. The van der Waals surface area contributed by atoms with Crippen molar-refractivity contribution in [2.75, 3.05) is 0 Å². The summed E-state index contributed by atoms with van der Waals surface area (Å²) < 4.78 is 11.3. The zero-order valence-electron chi connectivity index (χ0n) is 9.51. The predicted octanol–water partition coefficient (Wildman–Crippen LogP) is 4.08. The molecule has 0 radical (unpaired) electrons. The van der Waals surface area contributed by atoms with Crippen LogP contribution >= 0.6 is 9.03 Å². The molecule has 0 fully saturated rings. The number of fused-ring (bicyclic) bond motifs is 2. The van der Waals surface area contributed by atoms with Crippen LogP contribution in [0.25, 0.3) is 6.08 Å². The van der Waals surface area contributed by atoms with Crippen molar-refractivity contribution in [3.05, 3.63) is 59.4 Å². The molecule has 1 heterocycles. The minimum Gasteiger partial charge on any atom is -0.440 e. The fourth-order valence-electron chi connectivity index (χ4n) is 2.00. The third-order valence-corrected chi connectivity index (χ3v) is 3.56. The van der Waals surface area contributed by atoms with Gasteiger partial charge in [0.25, 0.3) is 9.03 Å². The van der Waals surface area contributed by atoms with Gasteiger partial charge in [-0.15, -0.1) is 0 Å². The molecule has 86 valence electrons. The highest BCUT2D eigenvalue weighted by Crippen LogP contribution is 2.38. The summed E-state index contributed by atoms with van der Waals surface area (Å²) in [4.78, 5) is 0. The maximum atomic E-state index is 5.66. The molecule has 3 heteroatoms. The van der Waals surface area contributed by atoms with E-state index in [0.717, 1.165) is 17.1 Å². The van der Waals surface area contributed by atoms with Crippen LogP contribution in [-0.4, -0.2) is 0 Å². The van der Waals surface area contributed by atoms with Crippen molar-refractivity contribution >= 4 is 15.1 Å². The highest BCUT2D eigenvalue weighted by Gasteiger charge is 2.18. The average molecular weight is 244 g/mol. The molecule has 2 nitrogen and oxygen atoms in total. The van der Waals surface area contributed by atoms with Crippen LogP contribution in [0.15, 0.2) is 53.8 Å². The van der Waals surface area contributed by atoms with Crippen LogP contribution in [0.5, 0.6) is 5.75 Å². The van der Waals surface area contributed by atoms with Crippen LogP contribution < -0.4 is 4.52 Å². The van der Waals surface area contributed by atoms with Crippen LogP contribution in [0.3, 0.4) is 0 Å². The largest absolute Gasteiger partial charge is 0.440 e. The van der Waals surface area contributed by atoms with Gasteiger partial charge in [-0.05, 0) is 18.2 Å². The standard InChI is InChI=1S/C14H13O2P/c1-10-5-4-8-14-12(10)9-11-6-2-3-7-13(11)15-17-16-14/h2-10,17H,1H3. The van der Waals surface area contributed by atoms with Crippen LogP contribution in [-0.2, 0) is 4.52 Å². The van der Waals surface area contributed by atoms with Gasteiger partial charge >= 0.3 is 0 Å². The minimum atomic E-state index is 0.0140. The second-order valence-corrected chi connectivity index (χ2v) is 4.70. The molecule has 2 aliphatic rings. The van der Waals surface area contributed by atoms with E-state index in [1.165, 1.54) is 5.57 Å². The van der Waals surface area contributed by atoms with Crippen LogP contribution in [0, 0.1) is 5.92 Å². The van der Waals surface area contributed by atoms with Gasteiger partial charge in [-0.1, -0.05) is 37.3 Å². The molecule has 0 N–H and O–H groups in total. The Hall–Kier alpha value is -1.53. The van der Waals surface area contributed by atoms with E-state index in [9.17, 15) is 0 Å². The molecular formula is C14H13O2P. The molecule has 0 saturated heterocycles. The van der Waals surface area contributed by atoms with Gasteiger partial charge in [-0.2, -0.15) is 0 Å². The van der Waals surface area contributed by atoms with Crippen LogP contribution in [0.4, 0.5) is 0 Å². The summed E-state index contributed by atoms with van der Waals surface area (Å²) in [5.74, 6) is 2.19. The monoisotopic (exact) mass is 244 g/mol. The van der Waals surface area contributed by atoms with Gasteiger partial charge in [0.05, 0.1) is 0 Å². The summed E-state index contributed by atoms with van der Waals surface area (Å²) in [5.41, 5.74) is 2.34. The molecule has 2 atom stereocenters. The first kappa shape index (κ1) is 10.6. The minimum absolute atomic E-state index is 0.0140. The summed E-state index contributed by atoms with van der Waals surface area (Å²) in [6.45, 7) is 2.17. The van der Waals surface area contributed by atoms with Crippen LogP contribution in [0.1, 0.15) is 12.5 Å². The van der Waals surface area contributed by atoms with Gasteiger partial charge in [0.2, 0.25) is 0 Å². The Morgan fingerprint density at radius 1 is 1.18 bits per heavy atom. The zero-order chi connectivity index (χ0) is 11.7. The Morgan fingerprint density at radius 3 is 3.00 bits per heavy atom. The summed E-state index contributed by atoms with van der Waals surface area (Å²) in [7, 11) is 0.0140. The van der Waals surface area contributed by atoms with Crippen molar-refractivity contribution in [1.29, 1.82) is 0 Å². The van der Waals surface area contributed by atoms with Gasteiger partial charge in [-0.3, -0.25) is 0 Å². The fourth-order valence-corrected chi connectivity index (χ4v) is 2.59. The molecule has 0 spiro atoms. The van der Waals surface area contributed by atoms with E-state index >= 15 is 0 Å². The van der Waals surface area contributed by atoms with E-state index < -0.39 is 0 Å². The maximum absolute atomic E-state index is 5.66. The molecule has 1 aliphatic heterocycles. The molecule has 17 heavy (non-hydrogen) atoms. The quantitative estimate of drug-likeness (QED) is 0.640. The van der Waals surface area contributed by atoms with Crippen LogP contribution in [0.2, 0.25) is 0 Å². The Kier molecular flexibility index (Phi) is 2.74. The molecule has 0 bridgehead atoms. The van der Waals surface area contributed by atoms with Crippen molar-refractivity contribution in [2.45, 2.75) is 6.92 Å². The maximum Gasteiger partial charge on any atom is 0.275 e. The lowest BCUT2D eigenvalue weighted by Gasteiger charge is -2.22. The number of para-hydroxylation sites is 1. The number of allylic oxidation sites excluding steroid dienone is 4. The number of benzene rings is 1. The molecule has 3 rings (SSSR count). The SMILES string of the molecule is CC1C=CC=C2OPOc3ccccc3C=C21. The van der Waals surface area contributed by atoms with Gasteiger partial charge in [0.15, 0.2) is 0 Å². The van der Waals surface area contributed by atoms with E-state index in [1.807, 2.05) is 30.4 Å². The molecule has 0 amide bonds. The fraction of sp³-hybridized carbons (Fsp3) is 0.143. The second kappa shape index (κ2) is 4.38. The normalized spacial score (nSPS) is 23.2. The van der Waals surface area contributed by atoms with Gasteiger partial charge in [-0.25, -0.2) is 0 Å². The first-order valence-electron chi connectivity index (χ1n) is 5.63. The lowest BCUT2D eigenvalue weighted by molar-refractivity contribution is 0.423. The Labute approximate surface area is 103 Å². The van der Waals surface area contributed by atoms with E-state index in [2.05, 4.69) is 25.1 Å². The topological polar surface area (TPSA) is 18.5 Å². The Bertz CT molecular complexity index is 529. The summed E-state index contributed by atoms with van der Waals surface area (Å²) in [5, 5.41) is 0. The molecule has 2 unspecified atom stereocenters. The summed E-state index contributed by atoms with van der Waals surface area (Å²) in [6.07, 6.45) is 8.36. The third kappa shape index (κ3) is 2.01. The predicted molar refractivity (Wildman–Crippen MR) is 70.8 cm³/mol. The summed E-state index contributed by atoms with van der Waals surface area (Å²) >= 11 is 0. The number of hydrogen-bond acceptors (Lipinski definition) is 2. The molecule has 1 aromatic carbocycles. The highest BCUT2D eigenvalue weighted by atomic mass is 31.1. The van der Waals surface area contributed by atoms with Crippen molar-refractivity contribution in [1.82, 2.24) is 0 Å². The Balaban J connectivity index is 2.12. The van der Waals surface area contributed by atoms with Crippen molar-refractivity contribution < 1.29 is 9.05 Å². The smallest absolute Gasteiger partial charge is 0.275 e. The van der Waals surface area contributed by atoms with Gasteiger partial charge in [0, 0.05) is 17.1 Å². The lowest BCUT2D eigenvalue weighted by atomic mass is 9.93. The average Bonchev–Trinajstić information content (AvgIpc) is 2.31. The van der Waals surface area contributed by atoms with Gasteiger partial charge in [0.1, 0.15) is 11.5 Å². The molecule has 1 aliphatic carbocycles. The summed E-state index contributed by atoms with van der Waals surface area (Å²) in [6, 6.07) is 8.05. The van der Waals surface area contributed by atoms with E-state index in [-0.39, 0.29) is 9.03 Å². The van der Waals surface area contributed by atoms with E-state index in [1.54, 1.807) is 0 Å². The van der Waals surface area contributed by atoms with Gasteiger partial charge < -0.3 is 9.05 Å². The lowest BCUT2D eigenvalue weighted by Crippen LogP contribution is -2.05. The first-order chi connectivity index (χ1) is 8.34. The van der Waals surface area contributed by atoms with E-state index in [4.69, 9.17) is 9.05 Å². The number of hydrogen-bond donors (Lipinski definition) is 0. The second-order valence-electron chi connectivity index (χ2n) is 4.13. The third-order valence-electron chi connectivity index (χ3n) is 2.96. The van der Waals surface area contributed by atoms with Crippen molar-refractivity contribution in [3.8, 4) is 5.75 Å². The molecule has 0 aromatic heterocycles. The zero-order valence-corrected chi connectivity index (χ0v) is 10.5. The van der Waals surface area contributed by atoms with E-state index in [0.29, 0.717) is 5.92 Å². The molecule has 0 saturated carbocycles. The highest BCUT2D eigenvalue weighted by molar-refractivity contribution is 7.26. The molecular weight excluding hydrogens is 231 g/mol. The van der Waals surface area contributed by atoms with Crippen molar-refractivity contribution in [3.63, 3.8) is 0 Å². The van der Waals surface area contributed by atoms with Crippen molar-refractivity contribution in [2.24, 2.45) is 5.92 Å². The molecule has 1 aromatic rings. The Morgan fingerprint density at radius 2 is 2.06 bits per heavy atom.